The van der Waals surface area contributed by atoms with Crippen LogP contribution < -0.4 is 5.43 Å². The van der Waals surface area contributed by atoms with Crippen molar-refractivity contribution in [3.05, 3.63) is 29.3 Å². The van der Waals surface area contributed by atoms with E-state index in [9.17, 15) is 18.4 Å². The van der Waals surface area contributed by atoms with Crippen LogP contribution in [0.1, 0.15) is 26.7 Å². The Labute approximate surface area is 123 Å². The van der Waals surface area contributed by atoms with Crippen molar-refractivity contribution in [2.24, 2.45) is 5.92 Å². The number of sulfonamides is 1. The lowest BCUT2D eigenvalue weighted by Crippen LogP contribution is -2.44. The third kappa shape index (κ3) is 4.45. The van der Waals surface area contributed by atoms with Gasteiger partial charge in [0.15, 0.2) is 0 Å². The highest BCUT2D eigenvalue weighted by molar-refractivity contribution is 7.89. The smallest absolute Gasteiger partial charge is 0.281 e. The maximum Gasteiger partial charge on any atom is 0.283 e. The number of halogens is 1. The predicted molar refractivity (Wildman–Crippen MR) is 74.5 cm³/mol. The maximum atomic E-state index is 12.0. The molecule has 0 aliphatic rings. The van der Waals surface area contributed by atoms with Crippen LogP contribution >= 0.6 is 11.6 Å². The van der Waals surface area contributed by atoms with Gasteiger partial charge in [-0.15, -0.1) is 0 Å². The molecule has 0 fully saturated rings. The van der Waals surface area contributed by atoms with Crippen LogP contribution in [0, 0.1) is 5.92 Å². The Morgan fingerprint density at radius 3 is 2.70 bits per heavy atom. The molecule has 0 unspecified atom stereocenters. The van der Waals surface area contributed by atoms with Crippen molar-refractivity contribution in [2.45, 2.75) is 31.6 Å². The Kier molecular flexibility index (Phi) is 5.94. The first-order valence-electron chi connectivity index (χ1n) is 6.06. The number of rotatable bonds is 6. The molecule has 0 aliphatic carbocycles. The molecule has 0 aliphatic heterocycles. The number of nitrogens with one attached hydrogen (secondary N) is 1. The minimum atomic E-state index is -4.23. The summed E-state index contributed by atoms with van der Waals surface area (Å²) < 4.78 is 23.8. The number of nitrogens with zero attached hydrogens (tertiary/aromatic N) is 1. The van der Waals surface area contributed by atoms with Crippen LogP contribution in [0.3, 0.4) is 0 Å². The second-order valence-electron chi connectivity index (χ2n) is 4.46. The fraction of sp³-hybridized carbons (Fsp3) is 0.417. The maximum absolute atomic E-state index is 12.0. The van der Waals surface area contributed by atoms with Gasteiger partial charge in [0.1, 0.15) is 0 Å². The van der Waals surface area contributed by atoms with Gasteiger partial charge in [0.25, 0.3) is 10.0 Å². The number of hydrogen-bond acceptors (Lipinski definition) is 4. The number of hydrogen-bond donors (Lipinski definition) is 2. The van der Waals surface area contributed by atoms with Crippen molar-refractivity contribution in [3.8, 4) is 0 Å². The molecule has 0 radical (unpaired) electrons. The van der Waals surface area contributed by atoms with E-state index in [1.807, 2.05) is 19.3 Å². The summed E-state index contributed by atoms with van der Waals surface area (Å²) in [5, 5.41) is 9.76. The SMILES string of the molecule is CC[C@H](C)CC(=O)NN(O)S(=O)(=O)c1cccc(Cl)c1. The molecule has 1 amide bonds. The van der Waals surface area contributed by atoms with Crippen LogP contribution in [0.4, 0.5) is 0 Å². The summed E-state index contributed by atoms with van der Waals surface area (Å²) in [5.74, 6) is -0.482. The van der Waals surface area contributed by atoms with Crippen LogP contribution in [0.15, 0.2) is 29.2 Å². The average Bonchev–Trinajstić information content (AvgIpc) is 2.38. The first-order valence-corrected chi connectivity index (χ1v) is 7.88. The molecule has 1 atom stereocenters. The first-order chi connectivity index (χ1) is 9.27. The van der Waals surface area contributed by atoms with Gasteiger partial charge in [-0.1, -0.05) is 37.9 Å². The van der Waals surface area contributed by atoms with Crippen molar-refractivity contribution in [3.63, 3.8) is 0 Å². The summed E-state index contributed by atoms with van der Waals surface area (Å²) in [6.45, 7) is 3.77. The Bertz CT molecular complexity index is 577. The molecule has 0 heterocycles. The van der Waals surface area contributed by atoms with Crippen LogP contribution in [0.2, 0.25) is 5.02 Å². The molecule has 2 N–H and O–H groups in total. The highest BCUT2D eigenvalue weighted by Gasteiger charge is 2.25. The molecular weight excluding hydrogens is 304 g/mol. The number of amides is 1. The zero-order chi connectivity index (χ0) is 15.3. The van der Waals surface area contributed by atoms with Gasteiger partial charge in [-0.2, -0.15) is 0 Å². The Morgan fingerprint density at radius 2 is 2.15 bits per heavy atom. The zero-order valence-electron chi connectivity index (χ0n) is 11.2. The molecule has 0 spiro atoms. The van der Waals surface area contributed by atoms with Gasteiger partial charge in [0.05, 0.1) is 4.90 Å². The lowest BCUT2D eigenvalue weighted by molar-refractivity contribution is -0.136. The van der Waals surface area contributed by atoms with Gasteiger partial charge in [-0.25, -0.2) is 8.42 Å². The predicted octanol–water partition coefficient (Wildman–Crippen LogP) is 2.19. The van der Waals surface area contributed by atoms with E-state index < -0.39 is 15.9 Å². The Morgan fingerprint density at radius 1 is 1.50 bits per heavy atom. The van der Waals surface area contributed by atoms with E-state index in [0.717, 1.165) is 6.42 Å². The highest BCUT2D eigenvalue weighted by Crippen LogP contribution is 2.17. The normalized spacial score (nSPS) is 13.2. The summed E-state index contributed by atoms with van der Waals surface area (Å²) in [5.41, 5.74) is 1.92. The Balaban J connectivity index is 2.80. The van der Waals surface area contributed by atoms with E-state index >= 15 is 0 Å². The van der Waals surface area contributed by atoms with Gasteiger partial charge in [0.2, 0.25) is 5.91 Å². The molecule has 0 aromatic heterocycles. The summed E-state index contributed by atoms with van der Waals surface area (Å²) in [6, 6.07) is 5.39. The van der Waals surface area contributed by atoms with Gasteiger partial charge in [-0.05, 0) is 24.1 Å². The number of carbonyl (C=O) groups is 1. The molecule has 1 aromatic carbocycles. The van der Waals surface area contributed by atoms with E-state index in [1.165, 1.54) is 24.3 Å². The van der Waals surface area contributed by atoms with Gasteiger partial charge < -0.3 is 0 Å². The minimum absolute atomic E-state index is 0.0947. The monoisotopic (exact) mass is 320 g/mol. The number of hydrazine groups is 1. The van der Waals surface area contributed by atoms with Crippen molar-refractivity contribution in [1.29, 1.82) is 0 Å². The molecule has 112 valence electrons. The molecular formula is C12H17ClN2O4S. The molecule has 20 heavy (non-hydrogen) atoms. The highest BCUT2D eigenvalue weighted by atomic mass is 35.5. The number of benzene rings is 1. The number of carbonyl (C=O) groups excluding carboxylic acids is 1. The van der Waals surface area contributed by atoms with Crippen LogP contribution in [-0.2, 0) is 14.8 Å². The molecule has 0 saturated carbocycles. The molecule has 1 aromatic rings. The Hall–Kier alpha value is -1.15. The second-order valence-corrected chi connectivity index (χ2v) is 6.66. The lowest BCUT2D eigenvalue weighted by atomic mass is 10.1. The van der Waals surface area contributed by atoms with E-state index in [1.54, 1.807) is 0 Å². The first kappa shape index (κ1) is 16.9. The second kappa shape index (κ2) is 7.03. The van der Waals surface area contributed by atoms with Crippen LogP contribution in [-0.4, -0.2) is 24.1 Å². The summed E-state index contributed by atoms with van der Waals surface area (Å²) in [4.78, 5) is 11.4. The molecule has 0 saturated heterocycles. The summed E-state index contributed by atoms with van der Waals surface area (Å²) in [7, 11) is -4.23. The topological polar surface area (TPSA) is 86.7 Å². The van der Waals surface area contributed by atoms with Crippen molar-refractivity contribution in [1.82, 2.24) is 10.0 Å². The molecule has 8 heteroatoms. The van der Waals surface area contributed by atoms with Crippen LogP contribution in [0.25, 0.3) is 0 Å². The molecule has 6 nitrogen and oxygen atoms in total. The minimum Gasteiger partial charge on any atom is -0.281 e. The quantitative estimate of drug-likeness (QED) is 0.787. The fourth-order valence-corrected chi connectivity index (χ4v) is 2.60. The summed E-state index contributed by atoms with van der Waals surface area (Å²) >= 11 is 5.70. The summed E-state index contributed by atoms with van der Waals surface area (Å²) in [6.07, 6.45) is 0.901. The third-order valence-corrected chi connectivity index (χ3v) is 4.40. The fourth-order valence-electron chi connectivity index (χ4n) is 1.40. The molecule has 0 bridgehead atoms. The zero-order valence-corrected chi connectivity index (χ0v) is 12.8. The van der Waals surface area contributed by atoms with E-state index in [4.69, 9.17) is 11.6 Å². The van der Waals surface area contributed by atoms with Crippen molar-refractivity contribution >= 4 is 27.5 Å². The lowest BCUT2D eigenvalue weighted by Gasteiger charge is -2.17. The van der Waals surface area contributed by atoms with Crippen molar-refractivity contribution in [2.75, 3.05) is 0 Å². The van der Waals surface area contributed by atoms with Gasteiger partial charge in [-0.3, -0.25) is 15.4 Å². The molecule has 1 rings (SSSR count). The van der Waals surface area contributed by atoms with Crippen molar-refractivity contribution < 1.29 is 18.4 Å². The average molecular weight is 321 g/mol. The van der Waals surface area contributed by atoms with Gasteiger partial charge >= 0.3 is 0 Å². The van der Waals surface area contributed by atoms with E-state index in [0.29, 0.717) is 0 Å². The van der Waals surface area contributed by atoms with Gasteiger partial charge in [0, 0.05) is 16.0 Å². The van der Waals surface area contributed by atoms with E-state index in [2.05, 4.69) is 0 Å². The largest absolute Gasteiger partial charge is 0.283 e. The van der Waals surface area contributed by atoms with Crippen LogP contribution in [0.5, 0.6) is 0 Å². The van der Waals surface area contributed by atoms with E-state index in [-0.39, 0.29) is 26.8 Å². The standard InChI is InChI=1S/C12H17ClN2O4S/c1-3-9(2)7-12(16)14-15(17)20(18,19)11-6-4-5-10(13)8-11/h4-6,8-9,17H,3,7H2,1-2H3,(H,14,16)/t9-/m0/s1. The third-order valence-electron chi connectivity index (χ3n) is 2.77.